The van der Waals surface area contributed by atoms with Crippen LogP contribution in [0.15, 0.2) is 52.7 Å². The molecule has 0 aliphatic carbocycles. The molecule has 1 fully saturated rings. The molecule has 2 aromatic carbocycles. The summed E-state index contributed by atoms with van der Waals surface area (Å²) >= 11 is 1.34. The van der Waals surface area contributed by atoms with Crippen molar-refractivity contribution in [3.63, 3.8) is 0 Å². The molecule has 140 valence electrons. The predicted molar refractivity (Wildman–Crippen MR) is 109 cm³/mol. The molecule has 6 nitrogen and oxygen atoms in total. The van der Waals surface area contributed by atoms with Gasteiger partial charge in [0.25, 0.3) is 0 Å². The number of amides is 1. The Kier molecular flexibility index (Phi) is 6.49. The number of thioether (sulfide) groups is 1. The van der Waals surface area contributed by atoms with Gasteiger partial charge in [0.05, 0.1) is 18.6 Å². The van der Waals surface area contributed by atoms with Gasteiger partial charge in [0.1, 0.15) is 6.61 Å². The zero-order valence-electron chi connectivity index (χ0n) is 15.3. The number of nitrogens with zero attached hydrogens (tertiary/aromatic N) is 2. The van der Waals surface area contributed by atoms with Crippen molar-refractivity contribution in [1.82, 2.24) is 5.32 Å². The van der Waals surface area contributed by atoms with Gasteiger partial charge in [0.15, 0.2) is 16.7 Å². The molecule has 0 saturated carbocycles. The largest absolute Gasteiger partial charge is 0.490 e. The summed E-state index contributed by atoms with van der Waals surface area (Å²) in [6.07, 6.45) is 1.62. The lowest BCUT2D eigenvalue weighted by atomic mass is 10.1. The summed E-state index contributed by atoms with van der Waals surface area (Å²) in [4.78, 5) is 11.1. The first-order valence-electron chi connectivity index (χ1n) is 8.63. The fraction of sp³-hybridized carbons (Fsp3) is 0.250. The highest BCUT2D eigenvalue weighted by Gasteiger charge is 2.16. The van der Waals surface area contributed by atoms with Gasteiger partial charge in [-0.25, -0.2) is 0 Å². The summed E-state index contributed by atoms with van der Waals surface area (Å²) in [7, 11) is 0. The third-order valence-electron chi connectivity index (χ3n) is 3.85. The van der Waals surface area contributed by atoms with E-state index in [1.807, 2.05) is 37.3 Å². The van der Waals surface area contributed by atoms with Crippen LogP contribution < -0.4 is 14.8 Å². The molecule has 7 heteroatoms. The standard InChI is InChI=1S/C20H21N3O3S/c1-3-25-18-10-15(11-21-23-20-22-19(24)13-27-20)8-9-17(18)26-12-16-7-5-4-6-14(16)2/h4-11H,3,12-13H2,1-2H3,(H,22,23,24). The SMILES string of the molecule is CCOc1cc(C=NN=C2NC(=O)CS2)ccc1OCc1ccccc1C. The second-order valence-electron chi connectivity index (χ2n) is 5.84. The highest BCUT2D eigenvalue weighted by atomic mass is 32.2. The second-order valence-corrected chi connectivity index (χ2v) is 6.80. The average molecular weight is 383 g/mol. The van der Waals surface area contributed by atoms with Crippen LogP contribution in [0, 0.1) is 6.92 Å². The summed E-state index contributed by atoms with van der Waals surface area (Å²) in [6.45, 7) is 5.00. The second kappa shape index (κ2) is 9.23. The van der Waals surface area contributed by atoms with Gasteiger partial charge in [-0.05, 0) is 48.7 Å². The molecule has 0 aromatic heterocycles. The maximum Gasteiger partial charge on any atom is 0.236 e. The first kappa shape index (κ1) is 19.0. The van der Waals surface area contributed by atoms with Crippen molar-refractivity contribution in [3.8, 4) is 11.5 Å². The Balaban J connectivity index is 1.70. The zero-order chi connectivity index (χ0) is 19.1. The Labute approximate surface area is 162 Å². The number of carbonyl (C=O) groups excluding carboxylic acids is 1. The van der Waals surface area contributed by atoms with Crippen LogP contribution in [0.2, 0.25) is 0 Å². The summed E-state index contributed by atoms with van der Waals surface area (Å²) in [5.41, 5.74) is 3.16. The molecule has 1 N–H and O–H groups in total. The van der Waals surface area contributed by atoms with E-state index >= 15 is 0 Å². The Morgan fingerprint density at radius 3 is 2.78 bits per heavy atom. The Hall–Kier alpha value is -2.80. The van der Waals surface area contributed by atoms with E-state index in [9.17, 15) is 4.79 Å². The molecule has 0 spiro atoms. The maximum atomic E-state index is 11.1. The molecule has 1 saturated heterocycles. The summed E-state index contributed by atoms with van der Waals surface area (Å²) < 4.78 is 11.7. The van der Waals surface area contributed by atoms with Crippen molar-refractivity contribution in [2.45, 2.75) is 20.5 Å². The third-order valence-corrected chi connectivity index (χ3v) is 4.72. The van der Waals surface area contributed by atoms with Gasteiger partial charge in [-0.2, -0.15) is 5.10 Å². The molecule has 0 bridgehead atoms. The van der Waals surface area contributed by atoms with Gasteiger partial charge in [0, 0.05) is 0 Å². The van der Waals surface area contributed by atoms with Crippen LogP contribution in [-0.2, 0) is 11.4 Å². The molecule has 0 unspecified atom stereocenters. The molecule has 1 aliphatic rings. The Bertz CT molecular complexity index is 881. The number of aryl methyl sites for hydroxylation is 1. The van der Waals surface area contributed by atoms with E-state index in [0.717, 1.165) is 11.1 Å². The van der Waals surface area contributed by atoms with Crippen LogP contribution in [0.4, 0.5) is 0 Å². The van der Waals surface area contributed by atoms with Crippen LogP contribution in [0.5, 0.6) is 11.5 Å². The first-order chi connectivity index (χ1) is 13.2. The molecular weight excluding hydrogens is 362 g/mol. The molecule has 1 aliphatic heterocycles. The highest BCUT2D eigenvalue weighted by molar-refractivity contribution is 8.15. The number of benzene rings is 2. The third kappa shape index (κ3) is 5.34. The minimum Gasteiger partial charge on any atom is -0.490 e. The molecule has 27 heavy (non-hydrogen) atoms. The summed E-state index contributed by atoms with van der Waals surface area (Å²) in [5.74, 6) is 1.67. The molecule has 0 atom stereocenters. The average Bonchev–Trinajstić information content (AvgIpc) is 3.08. The maximum absolute atomic E-state index is 11.1. The van der Waals surface area contributed by atoms with Crippen LogP contribution in [0.3, 0.4) is 0 Å². The molecule has 1 heterocycles. The van der Waals surface area contributed by atoms with Crippen molar-refractivity contribution in [1.29, 1.82) is 0 Å². The van der Waals surface area contributed by atoms with Crippen LogP contribution in [-0.4, -0.2) is 29.6 Å². The van der Waals surface area contributed by atoms with Crippen LogP contribution >= 0.6 is 11.8 Å². The lowest BCUT2D eigenvalue weighted by Gasteiger charge is -2.13. The highest BCUT2D eigenvalue weighted by Crippen LogP contribution is 2.29. The quantitative estimate of drug-likeness (QED) is 0.586. The monoisotopic (exact) mass is 383 g/mol. The van der Waals surface area contributed by atoms with Gasteiger partial charge < -0.3 is 14.8 Å². The van der Waals surface area contributed by atoms with Crippen molar-refractivity contribution in [2.75, 3.05) is 12.4 Å². The van der Waals surface area contributed by atoms with Gasteiger partial charge in [-0.15, -0.1) is 5.10 Å². The van der Waals surface area contributed by atoms with E-state index < -0.39 is 0 Å². The minimum atomic E-state index is -0.0530. The smallest absolute Gasteiger partial charge is 0.236 e. The summed E-state index contributed by atoms with van der Waals surface area (Å²) in [5, 5.41) is 11.2. The normalized spacial score (nSPS) is 15.3. The van der Waals surface area contributed by atoms with E-state index in [1.165, 1.54) is 17.3 Å². The molecular formula is C20H21N3O3S. The van der Waals surface area contributed by atoms with Crippen LogP contribution in [0.1, 0.15) is 23.6 Å². The molecule has 0 radical (unpaired) electrons. The van der Waals surface area contributed by atoms with Crippen molar-refractivity contribution >= 4 is 29.1 Å². The van der Waals surface area contributed by atoms with E-state index in [4.69, 9.17) is 9.47 Å². The fourth-order valence-corrected chi connectivity index (χ4v) is 3.08. The lowest BCUT2D eigenvalue weighted by Crippen LogP contribution is -2.19. The molecule has 3 rings (SSSR count). The van der Waals surface area contributed by atoms with Crippen LogP contribution in [0.25, 0.3) is 0 Å². The van der Waals surface area contributed by atoms with Crippen molar-refractivity contribution in [2.24, 2.45) is 10.2 Å². The Morgan fingerprint density at radius 1 is 1.19 bits per heavy atom. The number of amidine groups is 1. The summed E-state index contributed by atoms with van der Waals surface area (Å²) in [6, 6.07) is 13.7. The number of hydrogen-bond acceptors (Lipinski definition) is 6. The van der Waals surface area contributed by atoms with E-state index in [2.05, 4.69) is 34.6 Å². The number of hydrogen-bond donors (Lipinski definition) is 1. The van der Waals surface area contributed by atoms with Gasteiger partial charge in [-0.3, -0.25) is 4.79 Å². The van der Waals surface area contributed by atoms with Gasteiger partial charge in [-0.1, -0.05) is 36.0 Å². The van der Waals surface area contributed by atoms with E-state index in [1.54, 1.807) is 6.21 Å². The van der Waals surface area contributed by atoms with Gasteiger partial charge in [0.2, 0.25) is 5.91 Å². The predicted octanol–water partition coefficient (Wildman–Crippen LogP) is 3.53. The Morgan fingerprint density at radius 2 is 2.04 bits per heavy atom. The topological polar surface area (TPSA) is 72.3 Å². The minimum absolute atomic E-state index is 0.0530. The lowest BCUT2D eigenvalue weighted by molar-refractivity contribution is -0.116. The molecule has 2 aromatic rings. The van der Waals surface area contributed by atoms with Crippen molar-refractivity contribution in [3.05, 3.63) is 59.2 Å². The van der Waals surface area contributed by atoms with E-state index in [-0.39, 0.29) is 5.91 Å². The first-order valence-corrected chi connectivity index (χ1v) is 9.62. The number of carbonyl (C=O) groups is 1. The number of rotatable bonds is 7. The van der Waals surface area contributed by atoms with E-state index in [0.29, 0.717) is 35.6 Å². The van der Waals surface area contributed by atoms with Gasteiger partial charge >= 0.3 is 0 Å². The molecule has 1 amide bonds. The number of ether oxygens (including phenoxy) is 2. The fourth-order valence-electron chi connectivity index (χ4n) is 2.45. The number of nitrogens with one attached hydrogen (secondary N) is 1. The van der Waals surface area contributed by atoms with Crippen molar-refractivity contribution < 1.29 is 14.3 Å². The zero-order valence-corrected chi connectivity index (χ0v) is 16.1.